The lowest BCUT2D eigenvalue weighted by molar-refractivity contribution is -0.107. The molecule has 0 saturated heterocycles. The third-order valence-electron chi connectivity index (χ3n) is 3.96. The van der Waals surface area contributed by atoms with E-state index < -0.39 is 12.4 Å². The Labute approximate surface area is 141 Å². The van der Waals surface area contributed by atoms with Crippen molar-refractivity contribution in [3.8, 4) is 0 Å². The molecule has 1 atom stereocenters. The zero-order valence-corrected chi connectivity index (χ0v) is 14.1. The predicted molar refractivity (Wildman–Crippen MR) is 88.1 cm³/mol. The zero-order valence-electron chi connectivity index (χ0n) is 14.1. The standard InChI is InChI=1S/C18H23NO5/c1-11-6-12(4-5-19-11)17(22)15-7-13(9-20)14(10-21)8-16(15)18(23-2)24-3/h4-8,17-18,20-22H,9-10H2,1-3H3. The quantitative estimate of drug-likeness (QED) is 0.669. The van der Waals surface area contributed by atoms with Crippen molar-refractivity contribution in [2.45, 2.75) is 32.5 Å². The number of ether oxygens (including phenoxy) is 2. The van der Waals surface area contributed by atoms with Gasteiger partial charge < -0.3 is 24.8 Å². The number of aliphatic hydroxyl groups excluding tert-OH is 3. The van der Waals surface area contributed by atoms with Crippen LogP contribution in [0.2, 0.25) is 0 Å². The Kier molecular flexibility index (Phi) is 6.42. The number of hydrogen-bond donors (Lipinski definition) is 3. The molecule has 2 aromatic rings. The lowest BCUT2D eigenvalue weighted by Gasteiger charge is -2.23. The summed E-state index contributed by atoms with van der Waals surface area (Å²) >= 11 is 0. The van der Waals surface area contributed by atoms with E-state index in [4.69, 9.17) is 9.47 Å². The number of methoxy groups -OCH3 is 2. The van der Waals surface area contributed by atoms with Crippen LogP contribution in [0.4, 0.5) is 0 Å². The van der Waals surface area contributed by atoms with Gasteiger partial charge in [-0.15, -0.1) is 0 Å². The van der Waals surface area contributed by atoms with Crippen molar-refractivity contribution < 1.29 is 24.8 Å². The molecule has 1 unspecified atom stereocenters. The molecule has 24 heavy (non-hydrogen) atoms. The maximum absolute atomic E-state index is 10.8. The molecule has 0 aliphatic heterocycles. The molecule has 3 N–H and O–H groups in total. The fourth-order valence-corrected chi connectivity index (χ4v) is 2.73. The van der Waals surface area contributed by atoms with Gasteiger partial charge in [0, 0.05) is 31.7 Å². The van der Waals surface area contributed by atoms with Gasteiger partial charge in [0.15, 0.2) is 6.29 Å². The molecule has 1 aromatic heterocycles. The van der Waals surface area contributed by atoms with Gasteiger partial charge in [-0.25, -0.2) is 0 Å². The average Bonchev–Trinajstić information content (AvgIpc) is 2.61. The Bertz CT molecular complexity index is 685. The third-order valence-corrected chi connectivity index (χ3v) is 3.96. The molecular weight excluding hydrogens is 310 g/mol. The van der Waals surface area contributed by atoms with Crippen LogP contribution in [0, 0.1) is 6.92 Å². The summed E-state index contributed by atoms with van der Waals surface area (Å²) in [4.78, 5) is 4.13. The first-order valence-electron chi connectivity index (χ1n) is 7.59. The van der Waals surface area contributed by atoms with Gasteiger partial charge in [-0.3, -0.25) is 4.98 Å². The smallest absolute Gasteiger partial charge is 0.183 e. The van der Waals surface area contributed by atoms with Gasteiger partial charge in [-0.1, -0.05) is 0 Å². The van der Waals surface area contributed by atoms with Crippen molar-refractivity contribution in [3.05, 3.63) is 64.0 Å². The molecule has 0 amide bonds. The van der Waals surface area contributed by atoms with E-state index in [0.29, 0.717) is 27.8 Å². The van der Waals surface area contributed by atoms with Crippen LogP contribution >= 0.6 is 0 Å². The van der Waals surface area contributed by atoms with Crippen molar-refractivity contribution in [3.63, 3.8) is 0 Å². The number of benzene rings is 1. The second-order valence-corrected chi connectivity index (χ2v) is 5.50. The highest BCUT2D eigenvalue weighted by Gasteiger charge is 2.23. The normalized spacial score (nSPS) is 12.6. The number of aryl methyl sites for hydroxylation is 1. The van der Waals surface area contributed by atoms with Crippen molar-refractivity contribution in [1.29, 1.82) is 0 Å². The van der Waals surface area contributed by atoms with E-state index in [1.165, 1.54) is 14.2 Å². The molecule has 0 fully saturated rings. The van der Waals surface area contributed by atoms with E-state index in [1.807, 2.05) is 6.92 Å². The maximum Gasteiger partial charge on any atom is 0.183 e. The summed E-state index contributed by atoms with van der Waals surface area (Å²) in [7, 11) is 3.00. The van der Waals surface area contributed by atoms with Gasteiger partial charge in [-0.05, 0) is 53.4 Å². The second-order valence-electron chi connectivity index (χ2n) is 5.50. The van der Waals surface area contributed by atoms with Gasteiger partial charge in [0.2, 0.25) is 0 Å². The van der Waals surface area contributed by atoms with Crippen molar-refractivity contribution in [1.82, 2.24) is 4.98 Å². The second kappa shape index (κ2) is 8.32. The molecule has 0 spiro atoms. The molecule has 0 radical (unpaired) electrons. The minimum atomic E-state index is -0.937. The molecule has 0 saturated carbocycles. The van der Waals surface area contributed by atoms with E-state index in [-0.39, 0.29) is 13.2 Å². The highest BCUT2D eigenvalue weighted by molar-refractivity contribution is 5.43. The van der Waals surface area contributed by atoms with E-state index in [0.717, 1.165) is 5.69 Å². The van der Waals surface area contributed by atoms with Crippen LogP contribution in [0.1, 0.15) is 45.9 Å². The van der Waals surface area contributed by atoms with Gasteiger partial charge in [0.25, 0.3) is 0 Å². The first kappa shape index (κ1) is 18.5. The minimum absolute atomic E-state index is 0.228. The number of hydrogen-bond acceptors (Lipinski definition) is 6. The number of nitrogens with zero attached hydrogens (tertiary/aromatic N) is 1. The molecule has 6 heteroatoms. The topological polar surface area (TPSA) is 92.0 Å². The van der Waals surface area contributed by atoms with E-state index >= 15 is 0 Å². The van der Waals surface area contributed by atoms with Crippen LogP contribution in [0.15, 0.2) is 30.5 Å². The van der Waals surface area contributed by atoms with E-state index in [9.17, 15) is 15.3 Å². The molecule has 130 valence electrons. The van der Waals surface area contributed by atoms with Crippen LogP contribution in [0.25, 0.3) is 0 Å². The van der Waals surface area contributed by atoms with E-state index in [2.05, 4.69) is 4.98 Å². The highest BCUT2D eigenvalue weighted by Crippen LogP contribution is 2.33. The summed E-state index contributed by atoms with van der Waals surface area (Å²) in [5.74, 6) is 0. The Hall–Kier alpha value is -1.83. The molecule has 0 aliphatic rings. The van der Waals surface area contributed by atoms with Crippen LogP contribution in [0.3, 0.4) is 0 Å². The highest BCUT2D eigenvalue weighted by atomic mass is 16.7. The summed E-state index contributed by atoms with van der Waals surface area (Å²) in [6, 6.07) is 6.89. The molecule has 1 aromatic carbocycles. The zero-order chi connectivity index (χ0) is 17.7. The number of aromatic nitrogens is 1. The minimum Gasteiger partial charge on any atom is -0.392 e. The Morgan fingerprint density at radius 2 is 1.58 bits per heavy atom. The van der Waals surface area contributed by atoms with Crippen molar-refractivity contribution >= 4 is 0 Å². The number of pyridine rings is 1. The van der Waals surface area contributed by atoms with Gasteiger partial charge >= 0.3 is 0 Å². The largest absolute Gasteiger partial charge is 0.392 e. The van der Waals surface area contributed by atoms with Gasteiger partial charge in [-0.2, -0.15) is 0 Å². The van der Waals surface area contributed by atoms with E-state index in [1.54, 1.807) is 30.5 Å². The predicted octanol–water partition coefficient (Wildman–Crippen LogP) is 1.75. The Morgan fingerprint density at radius 3 is 2.08 bits per heavy atom. The number of rotatable bonds is 7. The van der Waals surface area contributed by atoms with Gasteiger partial charge in [0.05, 0.1) is 13.2 Å². The molecule has 6 nitrogen and oxygen atoms in total. The van der Waals surface area contributed by atoms with Crippen LogP contribution in [-0.4, -0.2) is 34.5 Å². The fraction of sp³-hybridized carbons (Fsp3) is 0.389. The molecule has 2 rings (SSSR count). The van der Waals surface area contributed by atoms with Crippen molar-refractivity contribution in [2.75, 3.05) is 14.2 Å². The number of aliphatic hydroxyl groups is 3. The summed E-state index contributed by atoms with van der Waals surface area (Å²) in [5, 5.41) is 29.9. The van der Waals surface area contributed by atoms with Crippen LogP contribution < -0.4 is 0 Å². The Balaban J connectivity index is 2.60. The summed E-state index contributed by atoms with van der Waals surface area (Å²) < 4.78 is 10.6. The lowest BCUT2D eigenvalue weighted by Crippen LogP contribution is -2.13. The van der Waals surface area contributed by atoms with Crippen LogP contribution in [0.5, 0.6) is 0 Å². The molecule has 1 heterocycles. The summed E-state index contributed by atoms with van der Waals surface area (Å²) in [6.45, 7) is 1.38. The van der Waals surface area contributed by atoms with Gasteiger partial charge in [0.1, 0.15) is 6.10 Å². The third kappa shape index (κ3) is 3.80. The monoisotopic (exact) mass is 333 g/mol. The Morgan fingerprint density at radius 1 is 1.00 bits per heavy atom. The fourth-order valence-electron chi connectivity index (χ4n) is 2.73. The molecule has 0 aliphatic carbocycles. The average molecular weight is 333 g/mol. The molecular formula is C18H23NO5. The molecule has 0 bridgehead atoms. The van der Waals surface area contributed by atoms with Crippen LogP contribution in [-0.2, 0) is 22.7 Å². The lowest BCUT2D eigenvalue weighted by atomic mass is 9.92. The maximum atomic E-state index is 10.8. The first-order chi connectivity index (χ1) is 11.5. The SMILES string of the molecule is COC(OC)c1cc(CO)c(CO)cc1C(O)c1ccnc(C)c1. The summed E-state index contributed by atoms with van der Waals surface area (Å²) in [6.07, 6.45) is -0.00428. The summed E-state index contributed by atoms with van der Waals surface area (Å²) in [5.41, 5.74) is 3.73. The first-order valence-corrected chi connectivity index (χ1v) is 7.59. The van der Waals surface area contributed by atoms with Crippen molar-refractivity contribution in [2.24, 2.45) is 0 Å².